The van der Waals surface area contributed by atoms with Crippen LogP contribution in [0.4, 0.5) is 4.39 Å². The number of carbonyl (C=O) groups is 1. The van der Waals surface area contributed by atoms with Crippen LogP contribution in [-0.2, 0) is 4.79 Å². The zero-order chi connectivity index (χ0) is 21.0. The van der Waals surface area contributed by atoms with E-state index in [2.05, 4.69) is 4.98 Å². The smallest absolute Gasteiger partial charge is 0.270 e. The minimum atomic E-state index is -0.762. The molecule has 3 aromatic rings. The first-order chi connectivity index (χ1) is 14.0. The van der Waals surface area contributed by atoms with Gasteiger partial charge in [0, 0.05) is 10.5 Å². The average molecular weight is 426 g/mol. The zero-order valence-electron chi connectivity index (χ0n) is 15.5. The van der Waals surface area contributed by atoms with Crippen molar-refractivity contribution in [2.75, 3.05) is 12.5 Å². The highest BCUT2D eigenvalue weighted by molar-refractivity contribution is 7.98. The van der Waals surface area contributed by atoms with E-state index in [4.69, 9.17) is 0 Å². The van der Waals surface area contributed by atoms with Crippen molar-refractivity contribution in [3.63, 3.8) is 0 Å². The number of rotatable bonds is 6. The SMILES string of the molecule is CSc1ccc(-n2c(-c3ccc(F)cc3)nc(SC)c(C(=O)C=C=O)c2=O)cc1. The van der Waals surface area contributed by atoms with Crippen LogP contribution in [0.3, 0.4) is 0 Å². The highest BCUT2D eigenvalue weighted by Gasteiger charge is 2.22. The van der Waals surface area contributed by atoms with E-state index in [0.717, 1.165) is 16.7 Å². The fraction of sp³-hybridized carbons (Fsp3) is 0.0952. The van der Waals surface area contributed by atoms with Crippen molar-refractivity contribution in [1.82, 2.24) is 9.55 Å². The molecule has 8 heteroatoms. The lowest BCUT2D eigenvalue weighted by Gasteiger charge is -2.16. The molecule has 0 unspecified atom stereocenters. The molecule has 0 atom stereocenters. The summed E-state index contributed by atoms with van der Waals surface area (Å²) in [6, 6.07) is 12.7. The Morgan fingerprint density at radius 3 is 2.28 bits per heavy atom. The van der Waals surface area contributed by atoms with Crippen LogP contribution < -0.4 is 5.56 Å². The van der Waals surface area contributed by atoms with Gasteiger partial charge in [-0.05, 0) is 61.0 Å². The maximum Gasteiger partial charge on any atom is 0.270 e. The molecule has 146 valence electrons. The van der Waals surface area contributed by atoms with Crippen molar-refractivity contribution in [2.45, 2.75) is 9.92 Å². The minimum absolute atomic E-state index is 0.183. The molecule has 29 heavy (non-hydrogen) atoms. The molecule has 0 saturated heterocycles. The molecule has 0 N–H and O–H groups in total. The quantitative estimate of drug-likeness (QED) is 0.195. The molecule has 1 heterocycles. The molecule has 0 spiro atoms. The topological polar surface area (TPSA) is 69.0 Å². The third-order valence-electron chi connectivity index (χ3n) is 4.11. The first-order valence-electron chi connectivity index (χ1n) is 8.36. The van der Waals surface area contributed by atoms with E-state index < -0.39 is 17.2 Å². The first kappa shape index (κ1) is 20.8. The molecule has 0 bridgehead atoms. The van der Waals surface area contributed by atoms with Gasteiger partial charge in [-0.2, -0.15) is 0 Å². The molecule has 0 amide bonds. The fourth-order valence-corrected chi connectivity index (χ4v) is 3.73. The molecule has 0 aliphatic carbocycles. The first-order valence-corrected chi connectivity index (χ1v) is 10.8. The van der Waals surface area contributed by atoms with Crippen LogP contribution in [0, 0.1) is 5.82 Å². The molecule has 0 aliphatic rings. The molecule has 1 aromatic heterocycles. The number of aromatic nitrogens is 2. The number of ketones is 1. The number of halogens is 1. The predicted octanol–water partition coefficient (Wildman–Crippen LogP) is 4.05. The van der Waals surface area contributed by atoms with Crippen molar-refractivity contribution in [1.29, 1.82) is 0 Å². The van der Waals surface area contributed by atoms with Crippen molar-refractivity contribution < 1.29 is 14.0 Å². The second-order valence-corrected chi connectivity index (χ2v) is 7.47. The Morgan fingerprint density at radius 2 is 1.72 bits per heavy atom. The summed E-state index contributed by atoms with van der Waals surface area (Å²) in [5, 5.41) is 0.183. The minimum Gasteiger partial charge on any atom is -0.288 e. The lowest BCUT2D eigenvalue weighted by molar-refractivity contribution is 0.104. The number of nitrogens with zero attached hydrogens (tertiary/aromatic N) is 2. The average Bonchev–Trinajstić information content (AvgIpc) is 2.73. The van der Waals surface area contributed by atoms with Gasteiger partial charge in [-0.1, -0.05) is 0 Å². The number of allylic oxidation sites excluding steroid dienone is 1. The van der Waals surface area contributed by atoms with Gasteiger partial charge in [0.1, 0.15) is 28.2 Å². The molecule has 0 fully saturated rings. The summed E-state index contributed by atoms with van der Waals surface area (Å²) in [6.07, 6.45) is 4.29. The van der Waals surface area contributed by atoms with Gasteiger partial charge in [-0.25, -0.2) is 14.2 Å². The second kappa shape index (κ2) is 9.05. The van der Waals surface area contributed by atoms with E-state index >= 15 is 0 Å². The number of thioether (sulfide) groups is 2. The van der Waals surface area contributed by atoms with E-state index in [9.17, 15) is 18.8 Å². The molecule has 0 radical (unpaired) electrons. The Kier molecular flexibility index (Phi) is 6.49. The summed E-state index contributed by atoms with van der Waals surface area (Å²) in [5.41, 5.74) is 0.187. The third-order valence-corrected chi connectivity index (χ3v) is 5.54. The molecule has 0 saturated carbocycles. The summed E-state index contributed by atoms with van der Waals surface area (Å²) in [6.45, 7) is 0. The van der Waals surface area contributed by atoms with Crippen LogP contribution in [0.1, 0.15) is 10.4 Å². The van der Waals surface area contributed by atoms with Gasteiger partial charge in [0.2, 0.25) is 5.78 Å². The van der Waals surface area contributed by atoms with E-state index in [1.165, 1.54) is 34.8 Å². The van der Waals surface area contributed by atoms with E-state index in [1.807, 2.05) is 18.4 Å². The molecular weight excluding hydrogens is 411 g/mol. The maximum atomic E-state index is 13.4. The molecule has 2 aromatic carbocycles. The Labute approximate surface area is 174 Å². The standard InChI is InChI=1S/C21H15FN2O3S2/c1-28-16-9-7-15(8-10-16)24-19(13-3-5-14(22)6-4-13)23-20(29-2)18(21(24)27)17(26)11-12-25/h3-11H,1-2H3. The van der Waals surface area contributed by atoms with E-state index in [-0.39, 0.29) is 16.4 Å². The predicted molar refractivity (Wildman–Crippen MR) is 113 cm³/mol. The third kappa shape index (κ3) is 4.24. The summed E-state index contributed by atoms with van der Waals surface area (Å²) >= 11 is 2.66. The van der Waals surface area contributed by atoms with Gasteiger partial charge in [0.15, 0.2) is 0 Å². The highest BCUT2D eigenvalue weighted by Crippen LogP contribution is 2.26. The van der Waals surface area contributed by atoms with Gasteiger partial charge in [0.25, 0.3) is 5.56 Å². The van der Waals surface area contributed by atoms with E-state index in [1.54, 1.807) is 30.2 Å². The fourth-order valence-electron chi connectivity index (χ4n) is 2.75. The molecule has 5 nitrogen and oxygen atoms in total. The number of hydrogen-bond donors (Lipinski definition) is 0. The lowest BCUT2D eigenvalue weighted by Crippen LogP contribution is -2.28. The lowest BCUT2D eigenvalue weighted by atomic mass is 10.1. The van der Waals surface area contributed by atoms with Crippen LogP contribution in [0.25, 0.3) is 17.1 Å². The molecule has 3 rings (SSSR count). The largest absolute Gasteiger partial charge is 0.288 e. The normalized spacial score (nSPS) is 10.4. The Hall–Kier alpha value is -2.93. The van der Waals surface area contributed by atoms with Crippen LogP contribution in [0.2, 0.25) is 0 Å². The number of hydrogen-bond acceptors (Lipinski definition) is 6. The Morgan fingerprint density at radius 1 is 1.07 bits per heavy atom. The van der Waals surface area contributed by atoms with Crippen molar-refractivity contribution >= 4 is 35.2 Å². The van der Waals surface area contributed by atoms with Crippen LogP contribution in [-0.4, -0.2) is 33.8 Å². The van der Waals surface area contributed by atoms with Crippen molar-refractivity contribution in [2.24, 2.45) is 0 Å². The van der Waals surface area contributed by atoms with Gasteiger partial charge in [-0.3, -0.25) is 14.2 Å². The highest BCUT2D eigenvalue weighted by atomic mass is 32.2. The van der Waals surface area contributed by atoms with Crippen LogP contribution in [0.15, 0.2) is 69.3 Å². The Bertz CT molecular complexity index is 1170. The van der Waals surface area contributed by atoms with Gasteiger partial charge >= 0.3 is 0 Å². The monoisotopic (exact) mass is 426 g/mol. The van der Waals surface area contributed by atoms with Crippen molar-refractivity contribution in [3.05, 3.63) is 76.3 Å². The van der Waals surface area contributed by atoms with E-state index in [0.29, 0.717) is 17.3 Å². The van der Waals surface area contributed by atoms with Gasteiger partial charge in [0.05, 0.1) is 11.8 Å². The number of benzene rings is 2. The van der Waals surface area contributed by atoms with Gasteiger partial charge < -0.3 is 0 Å². The van der Waals surface area contributed by atoms with Crippen molar-refractivity contribution in [3.8, 4) is 17.1 Å². The van der Waals surface area contributed by atoms with Crippen LogP contribution >= 0.6 is 23.5 Å². The maximum absolute atomic E-state index is 13.4. The second-order valence-electron chi connectivity index (χ2n) is 5.79. The zero-order valence-corrected chi connectivity index (χ0v) is 17.1. The van der Waals surface area contributed by atoms with Gasteiger partial charge in [-0.15, -0.1) is 23.5 Å². The Balaban J connectivity index is 2.38. The summed E-state index contributed by atoms with van der Waals surface area (Å²) in [5.74, 6) is 0.505. The summed E-state index contributed by atoms with van der Waals surface area (Å²) in [4.78, 5) is 41.9. The molecular formula is C21H15FN2O3S2. The summed E-state index contributed by atoms with van der Waals surface area (Å²) in [7, 11) is 0. The summed E-state index contributed by atoms with van der Waals surface area (Å²) < 4.78 is 14.7. The molecule has 0 aliphatic heterocycles. The number of carbonyl (C=O) groups excluding carboxylic acids is 2. The van der Waals surface area contributed by atoms with Crippen LogP contribution in [0.5, 0.6) is 0 Å².